The number of methoxy groups -OCH3 is 1. The molecule has 2 aromatic carbocycles. The third-order valence-electron chi connectivity index (χ3n) is 3.43. The summed E-state index contributed by atoms with van der Waals surface area (Å²) in [7, 11) is 1.57. The first-order chi connectivity index (χ1) is 11.2. The highest BCUT2D eigenvalue weighted by Gasteiger charge is 2.03. The van der Waals surface area contributed by atoms with Gasteiger partial charge in [0.2, 0.25) is 0 Å². The van der Waals surface area contributed by atoms with Crippen LogP contribution >= 0.6 is 35.6 Å². The summed E-state index contributed by atoms with van der Waals surface area (Å²) in [6.07, 6.45) is 0. The van der Waals surface area contributed by atoms with Crippen molar-refractivity contribution in [2.45, 2.75) is 6.54 Å². The van der Waals surface area contributed by atoms with Gasteiger partial charge in [-0.2, -0.15) is 0 Å². The molecule has 1 heterocycles. The third kappa shape index (κ3) is 4.33. The molecule has 3 aromatic rings. The fourth-order valence-electron chi connectivity index (χ4n) is 2.32. The second kappa shape index (κ2) is 8.25. The molecule has 1 aromatic heterocycles. The van der Waals surface area contributed by atoms with Gasteiger partial charge in [-0.15, -0.1) is 24.0 Å². The average Bonchev–Trinajstić information content (AvgIpc) is 2.96. The Labute approximate surface area is 162 Å². The molecule has 126 valence electrons. The summed E-state index contributed by atoms with van der Waals surface area (Å²) >= 11 is 6.08. The topological polar surface area (TPSA) is 75.4 Å². The number of aromatic nitrogens is 1. The first kappa shape index (κ1) is 18.4. The molecule has 0 aliphatic heterocycles. The van der Waals surface area contributed by atoms with Gasteiger partial charge in [0.05, 0.1) is 18.7 Å². The minimum Gasteiger partial charge on any atom is -0.495 e. The molecule has 7 heteroatoms. The van der Waals surface area contributed by atoms with E-state index in [0.717, 1.165) is 22.3 Å². The number of H-pyrrole nitrogens is 1. The maximum absolute atomic E-state index is 6.08. The Balaban J connectivity index is 0.00000208. The van der Waals surface area contributed by atoms with Crippen LogP contribution in [0, 0.1) is 0 Å². The van der Waals surface area contributed by atoms with E-state index in [0.29, 0.717) is 23.3 Å². The molecule has 0 saturated heterocycles. The highest BCUT2D eigenvalue weighted by molar-refractivity contribution is 14.0. The molecule has 0 fully saturated rings. The number of nitrogens with two attached hydrogens (primary N) is 1. The lowest BCUT2D eigenvalue weighted by Crippen LogP contribution is -2.22. The molecule has 0 radical (unpaired) electrons. The summed E-state index contributed by atoms with van der Waals surface area (Å²) in [6.45, 7) is 0.470. The van der Waals surface area contributed by atoms with Crippen LogP contribution in [0.4, 0.5) is 5.69 Å². The van der Waals surface area contributed by atoms with Crippen LogP contribution in [-0.2, 0) is 6.54 Å². The number of nitrogens with zero attached hydrogens (tertiary/aromatic N) is 1. The molecule has 0 saturated carbocycles. The van der Waals surface area contributed by atoms with Crippen molar-refractivity contribution in [3.05, 3.63) is 59.2 Å². The van der Waals surface area contributed by atoms with Crippen molar-refractivity contribution < 1.29 is 4.74 Å². The second-order valence-electron chi connectivity index (χ2n) is 5.06. The van der Waals surface area contributed by atoms with Crippen LogP contribution in [0.25, 0.3) is 10.9 Å². The van der Waals surface area contributed by atoms with Crippen molar-refractivity contribution in [3.63, 3.8) is 0 Å². The summed E-state index contributed by atoms with van der Waals surface area (Å²) in [6, 6.07) is 15.5. The van der Waals surface area contributed by atoms with Gasteiger partial charge in [0.15, 0.2) is 5.96 Å². The van der Waals surface area contributed by atoms with Crippen LogP contribution in [0.15, 0.2) is 53.5 Å². The summed E-state index contributed by atoms with van der Waals surface area (Å²) in [5, 5.41) is 4.69. The number of rotatable bonds is 4. The minimum atomic E-state index is 0. The van der Waals surface area contributed by atoms with Crippen LogP contribution < -0.4 is 15.8 Å². The van der Waals surface area contributed by atoms with Crippen LogP contribution in [-0.4, -0.2) is 18.1 Å². The van der Waals surface area contributed by atoms with Gasteiger partial charge in [-0.25, -0.2) is 4.99 Å². The van der Waals surface area contributed by atoms with Gasteiger partial charge in [0.25, 0.3) is 0 Å². The normalized spacial score (nSPS) is 11.2. The number of hydrogen-bond acceptors (Lipinski definition) is 2. The number of fused-ring (bicyclic) bond motifs is 1. The van der Waals surface area contributed by atoms with Crippen molar-refractivity contribution in [1.29, 1.82) is 0 Å². The van der Waals surface area contributed by atoms with Gasteiger partial charge >= 0.3 is 0 Å². The van der Waals surface area contributed by atoms with Crippen LogP contribution in [0.2, 0.25) is 5.02 Å². The molecule has 0 spiro atoms. The highest BCUT2D eigenvalue weighted by atomic mass is 127. The molecule has 24 heavy (non-hydrogen) atoms. The van der Waals surface area contributed by atoms with Gasteiger partial charge in [-0.05, 0) is 35.7 Å². The molecule has 5 nitrogen and oxygen atoms in total. The summed E-state index contributed by atoms with van der Waals surface area (Å²) in [5.41, 5.74) is 8.77. The fraction of sp³-hybridized carbons (Fsp3) is 0.118. The van der Waals surface area contributed by atoms with Crippen molar-refractivity contribution >= 4 is 58.1 Å². The number of halogens is 2. The van der Waals surface area contributed by atoms with Crippen LogP contribution in [0.5, 0.6) is 5.75 Å². The van der Waals surface area contributed by atoms with Gasteiger partial charge in [-0.3, -0.25) is 0 Å². The predicted molar refractivity (Wildman–Crippen MR) is 111 cm³/mol. The van der Waals surface area contributed by atoms with Gasteiger partial charge in [0.1, 0.15) is 5.75 Å². The largest absolute Gasteiger partial charge is 0.495 e. The zero-order chi connectivity index (χ0) is 16.2. The van der Waals surface area contributed by atoms with Crippen LogP contribution in [0.1, 0.15) is 5.69 Å². The van der Waals surface area contributed by atoms with Gasteiger partial charge in [0, 0.05) is 16.9 Å². The maximum Gasteiger partial charge on any atom is 0.193 e. The molecular weight excluding hydrogens is 439 g/mol. The van der Waals surface area contributed by atoms with E-state index in [-0.39, 0.29) is 24.0 Å². The smallest absolute Gasteiger partial charge is 0.193 e. The SMILES string of the molecule is COc1ccc(NC(N)=NCc2cc3ccccc3[nH]2)cc1Cl.I. The quantitative estimate of drug-likeness (QED) is 0.310. The molecule has 0 unspecified atom stereocenters. The van der Waals surface area contributed by atoms with Gasteiger partial charge < -0.3 is 20.8 Å². The zero-order valence-corrected chi connectivity index (χ0v) is 16.1. The van der Waals surface area contributed by atoms with Gasteiger partial charge in [-0.1, -0.05) is 29.8 Å². The summed E-state index contributed by atoms with van der Waals surface area (Å²) in [4.78, 5) is 7.65. The fourth-order valence-corrected chi connectivity index (χ4v) is 2.58. The molecule has 0 bridgehead atoms. The molecule has 0 atom stereocenters. The highest BCUT2D eigenvalue weighted by Crippen LogP contribution is 2.27. The van der Waals surface area contributed by atoms with E-state index < -0.39 is 0 Å². The number of para-hydroxylation sites is 1. The maximum atomic E-state index is 6.08. The number of guanidine groups is 1. The first-order valence-electron chi connectivity index (χ1n) is 7.13. The zero-order valence-electron chi connectivity index (χ0n) is 13.0. The lowest BCUT2D eigenvalue weighted by Gasteiger charge is -2.08. The van der Waals surface area contributed by atoms with E-state index >= 15 is 0 Å². The van der Waals surface area contributed by atoms with Crippen molar-refractivity contribution in [3.8, 4) is 5.75 Å². The van der Waals surface area contributed by atoms with E-state index in [1.54, 1.807) is 19.2 Å². The van der Waals surface area contributed by atoms with Crippen molar-refractivity contribution in [2.75, 3.05) is 12.4 Å². The standard InChI is InChI=1S/C17H17ClN4O.HI/c1-23-16-7-6-12(9-14(16)18)22-17(19)20-10-13-8-11-4-2-3-5-15(11)21-13;/h2-9,21H,10H2,1H3,(H3,19,20,22);1H. The first-order valence-corrected chi connectivity index (χ1v) is 7.50. The Kier molecular flexibility index (Phi) is 6.33. The lowest BCUT2D eigenvalue weighted by atomic mass is 10.2. The van der Waals surface area contributed by atoms with E-state index in [1.807, 2.05) is 24.3 Å². The van der Waals surface area contributed by atoms with E-state index in [1.165, 1.54) is 0 Å². The molecule has 4 N–H and O–H groups in total. The second-order valence-corrected chi connectivity index (χ2v) is 5.46. The number of ether oxygens (including phenoxy) is 1. The number of aromatic amines is 1. The molecule has 3 rings (SSSR count). The predicted octanol–water partition coefficient (Wildman–Crippen LogP) is 4.37. The van der Waals surface area contributed by atoms with Crippen molar-refractivity contribution in [2.24, 2.45) is 10.7 Å². The molecule has 0 amide bonds. The molecule has 0 aliphatic carbocycles. The monoisotopic (exact) mass is 456 g/mol. The molecule has 0 aliphatic rings. The number of benzene rings is 2. The Morgan fingerprint density at radius 2 is 2.04 bits per heavy atom. The lowest BCUT2D eigenvalue weighted by molar-refractivity contribution is 0.415. The van der Waals surface area contributed by atoms with Crippen molar-refractivity contribution in [1.82, 2.24) is 4.98 Å². The van der Waals surface area contributed by atoms with Crippen LogP contribution in [0.3, 0.4) is 0 Å². The summed E-state index contributed by atoms with van der Waals surface area (Å²) in [5.74, 6) is 0.940. The van der Waals surface area contributed by atoms with E-state index in [2.05, 4.69) is 27.4 Å². The Morgan fingerprint density at radius 3 is 2.75 bits per heavy atom. The van der Waals surface area contributed by atoms with E-state index in [9.17, 15) is 0 Å². The Hall–Kier alpha value is -1.93. The number of nitrogens with one attached hydrogen (secondary N) is 2. The number of aliphatic imine (C=N–C) groups is 1. The third-order valence-corrected chi connectivity index (χ3v) is 3.73. The number of anilines is 1. The Morgan fingerprint density at radius 1 is 1.25 bits per heavy atom. The number of hydrogen-bond donors (Lipinski definition) is 3. The van der Waals surface area contributed by atoms with E-state index in [4.69, 9.17) is 22.1 Å². The summed E-state index contributed by atoms with van der Waals surface area (Å²) < 4.78 is 5.11. The average molecular weight is 457 g/mol. The minimum absolute atomic E-state index is 0. The Bertz CT molecular complexity index is 830. The molecular formula is C17H18ClIN4O.